The third kappa shape index (κ3) is 9.63. The number of hydrogen-bond acceptors (Lipinski definition) is 8. The topological polar surface area (TPSA) is 140 Å². The average Bonchev–Trinajstić information content (AvgIpc) is 2.82. The third-order valence-corrected chi connectivity index (χ3v) is 6.25. The molecule has 1 aromatic rings. The number of likely N-dealkylation sites (tertiary alicyclic amines) is 1. The second-order valence-electron chi connectivity index (χ2n) is 12.7. The molecule has 1 fully saturated rings. The molecular weight excluding hydrogens is 500 g/mol. The summed E-state index contributed by atoms with van der Waals surface area (Å²) in [6.07, 6.45) is 2.13. The lowest BCUT2D eigenvalue weighted by Gasteiger charge is -2.42. The Morgan fingerprint density at radius 2 is 1.85 bits per heavy atom. The van der Waals surface area contributed by atoms with Crippen LogP contribution in [0.3, 0.4) is 0 Å². The molecule has 1 unspecified atom stereocenters. The standard InChI is InChI=1S/C28H48N6O5/c1-18(2)15-34(20-13-19(22(29)35)16-33(17-20)26(37)39-28(6,7)8)24(36)21-14-31-25(27(3,4)5)32-23(21)30-11-10-12-38-9/h14,18-20H,10-13,15-17H2,1-9H3,(H2,29,35)(H,30,31,32)/t19-,20?/m1/s1. The van der Waals surface area contributed by atoms with E-state index >= 15 is 0 Å². The number of carbonyl (C=O) groups excluding carboxylic acids is 3. The van der Waals surface area contributed by atoms with Crippen LogP contribution in [0.4, 0.5) is 10.6 Å². The van der Waals surface area contributed by atoms with Crippen LogP contribution in [0.2, 0.25) is 0 Å². The van der Waals surface area contributed by atoms with Crippen molar-refractivity contribution in [3.8, 4) is 0 Å². The molecule has 0 aliphatic carbocycles. The molecule has 0 radical (unpaired) electrons. The van der Waals surface area contributed by atoms with Crippen molar-refractivity contribution in [2.24, 2.45) is 17.6 Å². The highest BCUT2D eigenvalue weighted by atomic mass is 16.6. The molecule has 0 spiro atoms. The van der Waals surface area contributed by atoms with Gasteiger partial charge in [0.2, 0.25) is 5.91 Å². The second-order valence-corrected chi connectivity index (χ2v) is 12.7. The van der Waals surface area contributed by atoms with E-state index < -0.39 is 29.6 Å². The van der Waals surface area contributed by atoms with Crippen molar-refractivity contribution >= 4 is 23.7 Å². The SMILES string of the molecule is COCCCNc1nc(C(C)(C)C)ncc1C(=O)N(CC(C)C)C1C[C@@H](C(N)=O)CN(C(=O)OC(C)(C)C)C1. The first-order valence-corrected chi connectivity index (χ1v) is 13.7. The number of piperidine rings is 1. The number of nitrogens with one attached hydrogen (secondary N) is 1. The first kappa shape index (κ1) is 32.3. The van der Waals surface area contributed by atoms with E-state index in [4.69, 9.17) is 20.2 Å². The summed E-state index contributed by atoms with van der Waals surface area (Å²) in [6, 6.07) is -0.442. The van der Waals surface area contributed by atoms with Crippen LogP contribution in [0, 0.1) is 11.8 Å². The van der Waals surface area contributed by atoms with Gasteiger partial charge >= 0.3 is 6.09 Å². The van der Waals surface area contributed by atoms with E-state index in [1.807, 2.05) is 34.6 Å². The summed E-state index contributed by atoms with van der Waals surface area (Å²) in [4.78, 5) is 51.9. The molecule has 1 saturated heterocycles. The van der Waals surface area contributed by atoms with Crippen molar-refractivity contribution in [3.05, 3.63) is 17.6 Å². The van der Waals surface area contributed by atoms with E-state index in [9.17, 15) is 14.4 Å². The van der Waals surface area contributed by atoms with Gasteiger partial charge in [-0.1, -0.05) is 34.6 Å². The van der Waals surface area contributed by atoms with Crippen molar-refractivity contribution < 1.29 is 23.9 Å². The Kier molecular flexibility index (Phi) is 11.1. The Balaban J connectivity index is 2.47. The van der Waals surface area contributed by atoms with Crippen LogP contribution >= 0.6 is 0 Å². The maximum Gasteiger partial charge on any atom is 0.410 e. The minimum absolute atomic E-state index is 0.130. The minimum Gasteiger partial charge on any atom is -0.444 e. The molecule has 0 aromatic carbocycles. The van der Waals surface area contributed by atoms with Gasteiger partial charge in [-0.2, -0.15) is 0 Å². The Morgan fingerprint density at radius 3 is 2.38 bits per heavy atom. The highest BCUT2D eigenvalue weighted by Crippen LogP contribution is 2.28. The van der Waals surface area contributed by atoms with Crippen LogP contribution in [0.25, 0.3) is 0 Å². The number of ether oxygens (including phenoxy) is 2. The van der Waals surface area contributed by atoms with Gasteiger partial charge in [0, 0.05) is 51.5 Å². The zero-order chi connectivity index (χ0) is 29.5. The van der Waals surface area contributed by atoms with Gasteiger partial charge in [-0.15, -0.1) is 0 Å². The summed E-state index contributed by atoms with van der Waals surface area (Å²) in [6.45, 7) is 17.4. The molecular formula is C28H48N6O5. The Labute approximate surface area is 233 Å². The fraction of sp³-hybridized carbons (Fsp3) is 0.750. The highest BCUT2D eigenvalue weighted by Gasteiger charge is 2.39. The Bertz CT molecular complexity index is 1000. The summed E-state index contributed by atoms with van der Waals surface area (Å²) in [7, 11) is 1.64. The van der Waals surface area contributed by atoms with Crippen molar-refractivity contribution in [2.75, 3.05) is 45.2 Å². The Hall–Kier alpha value is -2.95. The fourth-order valence-electron chi connectivity index (χ4n) is 4.38. The van der Waals surface area contributed by atoms with Crippen LogP contribution < -0.4 is 11.1 Å². The molecule has 11 heteroatoms. The van der Waals surface area contributed by atoms with Gasteiger partial charge in [-0.25, -0.2) is 14.8 Å². The molecule has 2 rings (SSSR count). The van der Waals surface area contributed by atoms with Crippen LogP contribution in [0.5, 0.6) is 0 Å². The van der Waals surface area contributed by atoms with Crippen LogP contribution in [0.1, 0.15) is 84.4 Å². The molecule has 1 aliphatic heterocycles. The predicted octanol–water partition coefficient (Wildman–Crippen LogP) is 3.43. The van der Waals surface area contributed by atoms with Gasteiger partial charge in [0.05, 0.1) is 12.0 Å². The number of nitrogens with zero attached hydrogens (tertiary/aromatic N) is 4. The predicted molar refractivity (Wildman–Crippen MR) is 150 cm³/mol. The van der Waals surface area contributed by atoms with E-state index in [2.05, 4.69) is 10.3 Å². The molecule has 39 heavy (non-hydrogen) atoms. The van der Waals surface area contributed by atoms with E-state index in [-0.39, 0.29) is 30.3 Å². The van der Waals surface area contributed by atoms with Crippen molar-refractivity contribution in [1.29, 1.82) is 0 Å². The zero-order valence-electron chi connectivity index (χ0n) is 25.2. The van der Waals surface area contributed by atoms with Crippen molar-refractivity contribution in [2.45, 2.75) is 85.3 Å². The lowest BCUT2D eigenvalue weighted by Crippen LogP contribution is -2.57. The molecule has 3 N–H and O–H groups in total. The molecule has 0 saturated carbocycles. The van der Waals surface area contributed by atoms with Crippen LogP contribution in [-0.4, -0.2) is 89.2 Å². The quantitative estimate of drug-likeness (QED) is 0.424. The van der Waals surface area contributed by atoms with E-state index in [1.54, 1.807) is 39.0 Å². The molecule has 220 valence electrons. The number of methoxy groups -OCH3 is 1. The van der Waals surface area contributed by atoms with Gasteiger partial charge in [-0.3, -0.25) is 9.59 Å². The van der Waals surface area contributed by atoms with Gasteiger partial charge in [0.25, 0.3) is 5.91 Å². The average molecular weight is 549 g/mol. The fourth-order valence-corrected chi connectivity index (χ4v) is 4.38. The molecule has 1 aromatic heterocycles. The summed E-state index contributed by atoms with van der Waals surface area (Å²) in [5.74, 6) is -0.181. The van der Waals surface area contributed by atoms with Crippen molar-refractivity contribution in [3.63, 3.8) is 0 Å². The lowest BCUT2D eigenvalue weighted by molar-refractivity contribution is -0.124. The number of rotatable bonds is 10. The van der Waals surface area contributed by atoms with Gasteiger partial charge < -0.3 is 30.3 Å². The van der Waals surface area contributed by atoms with Gasteiger partial charge in [-0.05, 0) is 39.5 Å². The van der Waals surface area contributed by atoms with Gasteiger partial charge in [0.1, 0.15) is 22.8 Å². The summed E-state index contributed by atoms with van der Waals surface area (Å²) < 4.78 is 10.7. The highest BCUT2D eigenvalue weighted by molar-refractivity contribution is 5.98. The lowest BCUT2D eigenvalue weighted by atomic mass is 9.91. The van der Waals surface area contributed by atoms with Crippen LogP contribution in [0.15, 0.2) is 6.20 Å². The number of nitrogens with two attached hydrogens (primary N) is 1. The molecule has 2 atom stereocenters. The van der Waals surface area contributed by atoms with Crippen molar-refractivity contribution in [1.82, 2.24) is 19.8 Å². The molecule has 1 aliphatic rings. The number of primary amides is 1. The maximum absolute atomic E-state index is 14.2. The zero-order valence-corrected chi connectivity index (χ0v) is 25.2. The summed E-state index contributed by atoms with van der Waals surface area (Å²) >= 11 is 0. The summed E-state index contributed by atoms with van der Waals surface area (Å²) in [5, 5.41) is 3.30. The number of amides is 3. The van der Waals surface area contributed by atoms with E-state index in [1.165, 1.54) is 4.90 Å². The first-order valence-electron chi connectivity index (χ1n) is 13.7. The number of aromatic nitrogens is 2. The molecule has 2 heterocycles. The number of carbonyl (C=O) groups is 3. The van der Waals surface area contributed by atoms with E-state index in [0.29, 0.717) is 43.3 Å². The van der Waals surface area contributed by atoms with Gasteiger partial charge in [0.15, 0.2) is 0 Å². The monoisotopic (exact) mass is 548 g/mol. The normalized spacial score (nSPS) is 18.2. The first-order chi connectivity index (χ1) is 18.0. The largest absolute Gasteiger partial charge is 0.444 e. The minimum atomic E-state index is -0.699. The molecule has 3 amide bonds. The smallest absolute Gasteiger partial charge is 0.410 e. The van der Waals surface area contributed by atoms with Crippen LogP contribution in [-0.2, 0) is 19.7 Å². The second kappa shape index (κ2) is 13.4. The molecule has 11 nitrogen and oxygen atoms in total. The number of anilines is 1. The van der Waals surface area contributed by atoms with E-state index in [0.717, 1.165) is 6.42 Å². The molecule has 0 bridgehead atoms. The summed E-state index contributed by atoms with van der Waals surface area (Å²) in [5.41, 5.74) is 5.04. The third-order valence-electron chi connectivity index (χ3n) is 6.25. The number of hydrogen-bond donors (Lipinski definition) is 2. The maximum atomic E-state index is 14.2. The Morgan fingerprint density at radius 1 is 1.18 bits per heavy atom.